The average Bonchev–Trinajstić information content (AvgIpc) is 2.77. The van der Waals surface area contributed by atoms with Crippen LogP contribution in [0.5, 0.6) is 0 Å². The number of rotatable bonds is 4. The summed E-state index contributed by atoms with van der Waals surface area (Å²) < 4.78 is 1.85. The van der Waals surface area contributed by atoms with Crippen molar-refractivity contribution >= 4 is 0 Å². The Kier molecular flexibility index (Phi) is 3.61. The predicted molar refractivity (Wildman–Crippen MR) is 64.9 cm³/mol. The van der Waals surface area contributed by atoms with E-state index in [9.17, 15) is 0 Å². The minimum Gasteiger partial charge on any atom is -0.327 e. The molecule has 1 heterocycles. The molecule has 2 atom stereocenters. The molecule has 2 unspecified atom stereocenters. The molecule has 90 valence electrons. The molecule has 1 fully saturated rings. The molecule has 1 saturated carbocycles. The zero-order valence-corrected chi connectivity index (χ0v) is 10.3. The molecule has 16 heavy (non-hydrogen) atoms. The standard InChI is InChI=1S/C12H22N4/c1-15(7-10-6-14-16(2)8-10)9-11-4-3-5-12(11)13/h6,8,11-12H,3-5,7,9,13H2,1-2H3. The molecular formula is C12H22N4. The molecule has 0 saturated heterocycles. The van der Waals surface area contributed by atoms with Crippen LogP contribution in [0, 0.1) is 5.92 Å². The van der Waals surface area contributed by atoms with Gasteiger partial charge in [0.05, 0.1) is 6.20 Å². The van der Waals surface area contributed by atoms with Crippen LogP contribution in [0.3, 0.4) is 0 Å². The van der Waals surface area contributed by atoms with E-state index >= 15 is 0 Å². The molecule has 1 aliphatic rings. The number of nitrogens with zero attached hydrogens (tertiary/aromatic N) is 3. The summed E-state index contributed by atoms with van der Waals surface area (Å²) in [5.41, 5.74) is 7.36. The molecule has 0 aromatic carbocycles. The molecule has 4 nitrogen and oxygen atoms in total. The van der Waals surface area contributed by atoms with E-state index in [1.165, 1.54) is 24.8 Å². The van der Waals surface area contributed by atoms with Gasteiger partial charge in [0.1, 0.15) is 0 Å². The van der Waals surface area contributed by atoms with Gasteiger partial charge in [-0.15, -0.1) is 0 Å². The number of nitrogens with two attached hydrogens (primary N) is 1. The zero-order valence-electron chi connectivity index (χ0n) is 10.3. The first-order valence-electron chi connectivity index (χ1n) is 6.07. The molecule has 1 aromatic rings. The Morgan fingerprint density at radius 2 is 2.38 bits per heavy atom. The molecule has 1 aliphatic carbocycles. The fourth-order valence-electron chi connectivity index (χ4n) is 2.62. The lowest BCUT2D eigenvalue weighted by Crippen LogP contribution is -2.34. The normalized spacial score (nSPS) is 25.5. The average molecular weight is 222 g/mol. The van der Waals surface area contributed by atoms with Crippen LogP contribution in [0.4, 0.5) is 0 Å². The van der Waals surface area contributed by atoms with Crippen molar-refractivity contribution < 1.29 is 0 Å². The van der Waals surface area contributed by atoms with E-state index < -0.39 is 0 Å². The highest BCUT2D eigenvalue weighted by molar-refractivity contribution is 5.03. The summed E-state index contributed by atoms with van der Waals surface area (Å²) in [5.74, 6) is 0.682. The van der Waals surface area contributed by atoms with Gasteiger partial charge in [-0.2, -0.15) is 5.10 Å². The van der Waals surface area contributed by atoms with Crippen LogP contribution in [0.2, 0.25) is 0 Å². The quantitative estimate of drug-likeness (QED) is 0.826. The van der Waals surface area contributed by atoms with Crippen LogP contribution in [0.25, 0.3) is 0 Å². The van der Waals surface area contributed by atoms with E-state index in [0.717, 1.165) is 13.1 Å². The van der Waals surface area contributed by atoms with Crippen LogP contribution in [-0.2, 0) is 13.6 Å². The summed E-state index contributed by atoms with van der Waals surface area (Å²) in [6.07, 6.45) is 7.80. The first kappa shape index (κ1) is 11.6. The Morgan fingerprint density at radius 3 is 2.94 bits per heavy atom. The Hall–Kier alpha value is -0.870. The van der Waals surface area contributed by atoms with E-state index in [0.29, 0.717) is 12.0 Å². The van der Waals surface area contributed by atoms with Gasteiger partial charge in [0.2, 0.25) is 0 Å². The third-order valence-corrected chi connectivity index (χ3v) is 3.47. The number of aryl methyl sites for hydroxylation is 1. The summed E-state index contributed by atoms with van der Waals surface area (Å²) >= 11 is 0. The lowest BCUT2D eigenvalue weighted by Gasteiger charge is -2.23. The predicted octanol–water partition coefficient (Wildman–Crippen LogP) is 0.979. The highest BCUT2D eigenvalue weighted by atomic mass is 15.2. The van der Waals surface area contributed by atoms with Gasteiger partial charge in [-0.1, -0.05) is 6.42 Å². The van der Waals surface area contributed by atoms with Gasteiger partial charge in [0, 0.05) is 37.9 Å². The minimum atomic E-state index is 0.413. The third-order valence-electron chi connectivity index (χ3n) is 3.47. The van der Waals surface area contributed by atoms with Crippen molar-refractivity contribution in [2.45, 2.75) is 31.8 Å². The Bertz CT molecular complexity index is 334. The second kappa shape index (κ2) is 4.97. The summed E-state index contributed by atoms with van der Waals surface area (Å²) in [5, 5.41) is 4.18. The summed E-state index contributed by atoms with van der Waals surface area (Å²) in [6, 6.07) is 0.413. The van der Waals surface area contributed by atoms with Crippen LogP contribution >= 0.6 is 0 Å². The second-order valence-corrected chi connectivity index (χ2v) is 5.07. The largest absolute Gasteiger partial charge is 0.327 e. The number of hydrogen-bond acceptors (Lipinski definition) is 3. The fourth-order valence-corrected chi connectivity index (χ4v) is 2.62. The molecule has 0 radical (unpaired) electrons. The number of hydrogen-bond donors (Lipinski definition) is 1. The van der Waals surface area contributed by atoms with Crippen molar-refractivity contribution in [2.75, 3.05) is 13.6 Å². The Balaban J connectivity index is 1.82. The summed E-state index contributed by atoms with van der Waals surface area (Å²) in [6.45, 7) is 2.08. The van der Waals surface area contributed by atoms with Crippen molar-refractivity contribution in [3.63, 3.8) is 0 Å². The van der Waals surface area contributed by atoms with Crippen LogP contribution in [-0.4, -0.2) is 34.3 Å². The molecule has 0 amide bonds. The van der Waals surface area contributed by atoms with Gasteiger partial charge >= 0.3 is 0 Å². The van der Waals surface area contributed by atoms with E-state index in [-0.39, 0.29) is 0 Å². The Morgan fingerprint density at radius 1 is 1.56 bits per heavy atom. The van der Waals surface area contributed by atoms with Crippen molar-refractivity contribution in [3.8, 4) is 0 Å². The minimum absolute atomic E-state index is 0.413. The molecule has 2 rings (SSSR count). The van der Waals surface area contributed by atoms with Crippen molar-refractivity contribution in [1.29, 1.82) is 0 Å². The summed E-state index contributed by atoms with van der Waals surface area (Å²) in [7, 11) is 4.12. The van der Waals surface area contributed by atoms with Crippen molar-refractivity contribution in [2.24, 2.45) is 18.7 Å². The first-order chi connectivity index (χ1) is 7.65. The van der Waals surface area contributed by atoms with Gasteiger partial charge in [-0.3, -0.25) is 4.68 Å². The SMILES string of the molecule is CN(Cc1cnn(C)c1)CC1CCCC1N. The zero-order chi connectivity index (χ0) is 11.5. The van der Waals surface area contributed by atoms with Crippen LogP contribution in [0.15, 0.2) is 12.4 Å². The second-order valence-electron chi connectivity index (χ2n) is 5.07. The molecule has 0 bridgehead atoms. The lowest BCUT2D eigenvalue weighted by molar-refractivity contribution is 0.259. The topological polar surface area (TPSA) is 47.1 Å². The van der Waals surface area contributed by atoms with Crippen molar-refractivity contribution in [3.05, 3.63) is 18.0 Å². The van der Waals surface area contributed by atoms with Crippen LogP contribution < -0.4 is 5.73 Å². The van der Waals surface area contributed by atoms with Gasteiger partial charge in [0.15, 0.2) is 0 Å². The molecule has 2 N–H and O–H groups in total. The molecule has 0 aliphatic heterocycles. The van der Waals surface area contributed by atoms with E-state index in [1.807, 2.05) is 17.9 Å². The summed E-state index contributed by atoms with van der Waals surface area (Å²) in [4.78, 5) is 2.35. The van der Waals surface area contributed by atoms with E-state index in [1.54, 1.807) is 0 Å². The maximum Gasteiger partial charge on any atom is 0.0534 e. The molecular weight excluding hydrogens is 200 g/mol. The van der Waals surface area contributed by atoms with Crippen molar-refractivity contribution in [1.82, 2.24) is 14.7 Å². The maximum atomic E-state index is 6.08. The highest BCUT2D eigenvalue weighted by Gasteiger charge is 2.24. The van der Waals surface area contributed by atoms with Gasteiger partial charge in [-0.05, 0) is 25.8 Å². The van der Waals surface area contributed by atoms with Gasteiger partial charge in [-0.25, -0.2) is 0 Å². The fraction of sp³-hybridized carbons (Fsp3) is 0.750. The van der Waals surface area contributed by atoms with Gasteiger partial charge < -0.3 is 10.6 Å². The van der Waals surface area contributed by atoms with Gasteiger partial charge in [0.25, 0.3) is 0 Å². The molecule has 0 spiro atoms. The highest BCUT2D eigenvalue weighted by Crippen LogP contribution is 2.24. The molecule has 1 aromatic heterocycles. The third kappa shape index (κ3) is 2.83. The lowest BCUT2D eigenvalue weighted by atomic mass is 10.0. The molecule has 4 heteroatoms. The first-order valence-corrected chi connectivity index (χ1v) is 6.07. The van der Waals surface area contributed by atoms with E-state index in [2.05, 4.69) is 23.2 Å². The number of aromatic nitrogens is 2. The smallest absolute Gasteiger partial charge is 0.0534 e. The monoisotopic (exact) mass is 222 g/mol. The maximum absolute atomic E-state index is 6.08. The Labute approximate surface area is 97.4 Å². The van der Waals surface area contributed by atoms with Crippen LogP contribution in [0.1, 0.15) is 24.8 Å². The van der Waals surface area contributed by atoms with E-state index in [4.69, 9.17) is 5.73 Å².